The maximum Gasteiger partial charge on any atom is 2.00 e. The quantitative estimate of drug-likeness (QED) is 0.173. The Morgan fingerprint density at radius 2 is 1.25 bits per heavy atom. The summed E-state index contributed by atoms with van der Waals surface area (Å²) in [5, 5.41) is 2.29. The fourth-order valence-electron chi connectivity index (χ4n) is 5.07. The van der Waals surface area contributed by atoms with Gasteiger partial charge in [-0.05, 0) is 56.5 Å². The molecule has 40 heavy (non-hydrogen) atoms. The number of nitrogens with zero attached hydrogens (tertiary/aromatic N) is 3. The largest absolute Gasteiger partial charge is 2.00 e. The summed E-state index contributed by atoms with van der Waals surface area (Å²) in [4.78, 5) is 14.5. The maximum absolute atomic E-state index is 7.98. The zero-order valence-electron chi connectivity index (χ0n) is 24.7. The van der Waals surface area contributed by atoms with Gasteiger partial charge in [-0.15, -0.1) is 35.3 Å². The number of rotatable bonds is 3. The Labute approximate surface area is 252 Å². The summed E-state index contributed by atoms with van der Waals surface area (Å²) in [6, 6.07) is 30.4. The van der Waals surface area contributed by atoms with Crippen LogP contribution in [-0.2, 0) is 31.9 Å². The van der Waals surface area contributed by atoms with E-state index in [1.54, 1.807) is 6.07 Å². The SMILES string of the molecule is [2H]c1cccc(-c2[c-]c(-c3cc(C(C)(C)C)cc4c3[n-]c3c(-c5ccccn5)cc(C(C)(C)C)cc34)ccc2)n1.[Pt+2]. The molecule has 0 bridgehead atoms. The zero-order chi connectivity index (χ0) is 28.2. The van der Waals surface area contributed by atoms with Gasteiger partial charge < -0.3 is 4.98 Å². The maximum atomic E-state index is 7.98. The van der Waals surface area contributed by atoms with Gasteiger partial charge in [0.15, 0.2) is 0 Å². The van der Waals surface area contributed by atoms with Crippen LogP contribution in [-0.4, -0.2) is 9.97 Å². The first kappa shape index (κ1) is 26.7. The van der Waals surface area contributed by atoms with Gasteiger partial charge in [0.2, 0.25) is 0 Å². The van der Waals surface area contributed by atoms with Crippen LogP contribution < -0.4 is 4.98 Å². The number of hydrogen-bond donors (Lipinski definition) is 0. The molecule has 0 fully saturated rings. The van der Waals surface area contributed by atoms with Crippen LogP contribution >= 0.6 is 0 Å². The van der Waals surface area contributed by atoms with E-state index in [0.717, 1.165) is 55.4 Å². The first-order valence-electron chi connectivity index (χ1n) is 14.0. The van der Waals surface area contributed by atoms with Crippen molar-refractivity contribution >= 4 is 21.8 Å². The second kappa shape index (κ2) is 10.4. The van der Waals surface area contributed by atoms with Crippen LogP contribution in [0.5, 0.6) is 0 Å². The van der Waals surface area contributed by atoms with E-state index in [4.69, 9.17) is 11.3 Å². The molecule has 3 aromatic heterocycles. The van der Waals surface area contributed by atoms with Crippen molar-refractivity contribution in [3.05, 3.63) is 108 Å². The number of aromatic nitrogens is 3. The first-order chi connectivity index (χ1) is 19.0. The Balaban J connectivity index is 0.00000337. The number of pyridine rings is 2. The van der Waals surface area contributed by atoms with Crippen molar-refractivity contribution in [2.24, 2.45) is 0 Å². The Morgan fingerprint density at radius 1 is 0.650 bits per heavy atom. The van der Waals surface area contributed by atoms with Crippen LogP contribution in [0.1, 0.15) is 54.0 Å². The monoisotopic (exact) mass is 703 g/mol. The van der Waals surface area contributed by atoms with E-state index >= 15 is 0 Å². The van der Waals surface area contributed by atoms with Crippen molar-refractivity contribution in [3.8, 4) is 33.6 Å². The fraction of sp³-hybridized carbons (Fsp3) is 0.222. The normalized spacial score (nSPS) is 12.4. The summed E-state index contributed by atoms with van der Waals surface area (Å²) in [6.07, 6.45) is 2.09. The van der Waals surface area contributed by atoms with Gasteiger partial charge in [0.25, 0.3) is 0 Å². The number of fused-ring (bicyclic) bond motifs is 3. The average molecular weight is 704 g/mol. The molecule has 3 heterocycles. The van der Waals surface area contributed by atoms with E-state index in [0.29, 0.717) is 0 Å². The zero-order valence-corrected chi connectivity index (χ0v) is 26.0. The van der Waals surface area contributed by atoms with E-state index in [1.807, 2.05) is 42.6 Å². The van der Waals surface area contributed by atoms with Crippen molar-refractivity contribution in [1.29, 1.82) is 0 Å². The molecule has 0 spiro atoms. The summed E-state index contributed by atoms with van der Waals surface area (Å²) in [7, 11) is 0. The third-order valence-corrected chi connectivity index (χ3v) is 7.38. The van der Waals surface area contributed by atoms with Gasteiger partial charge in [0, 0.05) is 18.1 Å². The van der Waals surface area contributed by atoms with Crippen molar-refractivity contribution in [2.75, 3.05) is 0 Å². The molecule has 0 aliphatic rings. The molecule has 6 rings (SSSR count). The van der Waals surface area contributed by atoms with E-state index in [1.165, 1.54) is 11.1 Å². The molecule has 4 heteroatoms. The van der Waals surface area contributed by atoms with Gasteiger partial charge in [-0.1, -0.05) is 95.1 Å². The van der Waals surface area contributed by atoms with Gasteiger partial charge in [-0.3, -0.25) is 9.97 Å². The second-order valence-corrected chi connectivity index (χ2v) is 12.3. The summed E-state index contributed by atoms with van der Waals surface area (Å²) in [5.41, 5.74) is 9.93. The van der Waals surface area contributed by atoms with Crippen molar-refractivity contribution in [3.63, 3.8) is 0 Å². The Kier molecular flexibility index (Phi) is 6.96. The van der Waals surface area contributed by atoms with E-state index in [9.17, 15) is 0 Å². The Bertz CT molecular complexity index is 1880. The molecule has 0 saturated carbocycles. The molecular formula is C36H33N3Pt. The van der Waals surface area contributed by atoms with Crippen LogP contribution in [0.3, 0.4) is 0 Å². The summed E-state index contributed by atoms with van der Waals surface area (Å²) in [5.74, 6) is 0. The minimum absolute atomic E-state index is 0. The summed E-state index contributed by atoms with van der Waals surface area (Å²) >= 11 is 0. The molecule has 0 aliphatic heterocycles. The molecule has 0 N–H and O–H groups in total. The second-order valence-electron chi connectivity index (χ2n) is 12.3. The molecule has 0 radical (unpaired) electrons. The molecule has 3 nitrogen and oxygen atoms in total. The van der Waals surface area contributed by atoms with Crippen LogP contribution in [0.2, 0.25) is 0 Å². The average Bonchev–Trinajstić information content (AvgIpc) is 3.30. The minimum Gasteiger partial charge on any atom is -0.662 e. The van der Waals surface area contributed by atoms with Crippen molar-refractivity contribution < 1.29 is 22.4 Å². The molecule has 0 aliphatic carbocycles. The van der Waals surface area contributed by atoms with Crippen molar-refractivity contribution in [2.45, 2.75) is 52.4 Å². The van der Waals surface area contributed by atoms with Crippen LogP contribution in [0.25, 0.3) is 55.4 Å². The Hall–Kier alpha value is -3.55. The van der Waals surface area contributed by atoms with Gasteiger partial charge >= 0.3 is 21.1 Å². The third-order valence-electron chi connectivity index (χ3n) is 7.38. The molecule has 0 amide bonds. The number of hydrogen-bond acceptors (Lipinski definition) is 2. The summed E-state index contributed by atoms with van der Waals surface area (Å²) < 4.78 is 7.98. The van der Waals surface area contributed by atoms with Gasteiger partial charge in [0.1, 0.15) is 0 Å². The molecular weight excluding hydrogens is 669 g/mol. The van der Waals surface area contributed by atoms with Crippen LogP contribution in [0.4, 0.5) is 0 Å². The van der Waals surface area contributed by atoms with E-state index in [-0.39, 0.29) is 38.1 Å². The molecule has 202 valence electrons. The molecule has 0 atom stereocenters. The molecule has 3 aromatic carbocycles. The fourth-order valence-corrected chi connectivity index (χ4v) is 5.07. The van der Waals surface area contributed by atoms with Crippen LogP contribution in [0.15, 0.2) is 91.2 Å². The van der Waals surface area contributed by atoms with E-state index in [2.05, 4.69) is 89.0 Å². The minimum atomic E-state index is -0.0588. The molecule has 6 aromatic rings. The molecule has 0 saturated heterocycles. The third kappa shape index (κ3) is 5.16. The standard InChI is InChI=1S/C36H33N3.Pt/c1-35(2,3)25-19-27(23-12-11-13-24(18-23)31-14-7-9-16-37-31)33-28(20-25)29-21-26(36(4,5)6)22-30(34(29)39-33)32-15-8-10-17-38-32;/h7-17,19-22H,1-6H3;/q-2;+2/i16D;. The number of benzene rings is 3. The van der Waals surface area contributed by atoms with Gasteiger partial charge in [0.05, 0.1) is 7.06 Å². The first-order valence-corrected chi connectivity index (χ1v) is 13.5. The van der Waals surface area contributed by atoms with E-state index < -0.39 is 0 Å². The predicted molar refractivity (Wildman–Crippen MR) is 163 cm³/mol. The predicted octanol–water partition coefficient (Wildman–Crippen LogP) is 9.13. The van der Waals surface area contributed by atoms with Gasteiger partial charge in [-0.25, -0.2) is 0 Å². The molecule has 0 unspecified atom stereocenters. The van der Waals surface area contributed by atoms with Gasteiger partial charge in [-0.2, -0.15) is 5.52 Å². The van der Waals surface area contributed by atoms with Crippen LogP contribution in [0, 0.1) is 6.07 Å². The van der Waals surface area contributed by atoms with Crippen molar-refractivity contribution in [1.82, 2.24) is 15.0 Å². The smallest absolute Gasteiger partial charge is 0.662 e. The Morgan fingerprint density at radius 3 is 1.88 bits per heavy atom. The topological polar surface area (TPSA) is 39.9 Å². The summed E-state index contributed by atoms with van der Waals surface area (Å²) in [6.45, 7) is 13.5.